The molecule has 1 fully saturated rings. The Balaban J connectivity index is 2.41. The van der Waals surface area contributed by atoms with Gasteiger partial charge in [-0.3, -0.25) is 4.79 Å². The Morgan fingerprint density at radius 3 is 2.42 bits per heavy atom. The topological polar surface area (TPSA) is 78.9 Å². The van der Waals surface area contributed by atoms with Crippen LogP contribution >= 0.6 is 0 Å². The quantitative estimate of drug-likeness (QED) is 0.794. The number of piperidine rings is 1. The van der Waals surface area contributed by atoms with Gasteiger partial charge in [-0.25, -0.2) is 4.79 Å². The van der Waals surface area contributed by atoms with E-state index in [1.54, 1.807) is 18.7 Å². The Morgan fingerprint density at radius 2 is 1.95 bits per heavy atom. The van der Waals surface area contributed by atoms with Gasteiger partial charge in [0, 0.05) is 25.2 Å². The summed E-state index contributed by atoms with van der Waals surface area (Å²) in [5, 5.41) is 11.6. The van der Waals surface area contributed by atoms with Gasteiger partial charge in [0.25, 0.3) is 0 Å². The van der Waals surface area contributed by atoms with Crippen molar-refractivity contribution in [2.75, 3.05) is 19.7 Å². The number of carboxylic acid groups (broad SMARTS) is 1. The summed E-state index contributed by atoms with van der Waals surface area (Å²) in [6, 6.07) is -0.193. The maximum atomic E-state index is 12.0. The summed E-state index contributed by atoms with van der Waals surface area (Å²) in [6.45, 7) is 7.40. The predicted molar refractivity (Wildman–Crippen MR) is 71.1 cm³/mol. The van der Waals surface area contributed by atoms with Crippen LogP contribution in [0.15, 0.2) is 0 Å². The van der Waals surface area contributed by atoms with Crippen LogP contribution in [-0.4, -0.2) is 53.3 Å². The molecule has 0 aliphatic carbocycles. The molecule has 0 bridgehead atoms. The van der Waals surface area contributed by atoms with Crippen LogP contribution in [0.2, 0.25) is 0 Å². The SMILES string of the molecule is CCOC1CCN(C(=O)NC(C)(C)CC(=O)O)CC1. The molecule has 0 saturated carbocycles. The van der Waals surface area contributed by atoms with Crippen molar-refractivity contribution in [1.29, 1.82) is 0 Å². The lowest BCUT2D eigenvalue weighted by Gasteiger charge is -2.34. The maximum Gasteiger partial charge on any atom is 0.317 e. The molecule has 110 valence electrons. The number of urea groups is 1. The third kappa shape index (κ3) is 5.46. The number of nitrogens with zero attached hydrogens (tertiary/aromatic N) is 1. The van der Waals surface area contributed by atoms with Gasteiger partial charge >= 0.3 is 12.0 Å². The van der Waals surface area contributed by atoms with Gasteiger partial charge in [0.05, 0.1) is 12.5 Å². The van der Waals surface area contributed by atoms with E-state index in [4.69, 9.17) is 9.84 Å². The molecule has 2 amide bonds. The third-order valence-corrected chi connectivity index (χ3v) is 3.17. The number of carbonyl (C=O) groups excluding carboxylic acids is 1. The van der Waals surface area contributed by atoms with E-state index in [0.717, 1.165) is 12.8 Å². The van der Waals surface area contributed by atoms with Gasteiger partial charge in [0.1, 0.15) is 0 Å². The first-order valence-corrected chi connectivity index (χ1v) is 6.74. The second-order valence-corrected chi connectivity index (χ2v) is 5.53. The minimum Gasteiger partial charge on any atom is -0.481 e. The van der Waals surface area contributed by atoms with Gasteiger partial charge in [-0.2, -0.15) is 0 Å². The third-order valence-electron chi connectivity index (χ3n) is 3.17. The molecule has 0 aromatic heterocycles. The highest BCUT2D eigenvalue weighted by Gasteiger charge is 2.28. The lowest BCUT2D eigenvalue weighted by atomic mass is 10.0. The van der Waals surface area contributed by atoms with E-state index >= 15 is 0 Å². The van der Waals surface area contributed by atoms with Crippen molar-refractivity contribution in [3.63, 3.8) is 0 Å². The van der Waals surface area contributed by atoms with Crippen LogP contribution in [0.1, 0.15) is 40.0 Å². The van der Waals surface area contributed by atoms with E-state index in [1.807, 2.05) is 6.92 Å². The number of nitrogens with one attached hydrogen (secondary N) is 1. The molecular weight excluding hydrogens is 248 g/mol. The van der Waals surface area contributed by atoms with Crippen LogP contribution < -0.4 is 5.32 Å². The van der Waals surface area contributed by atoms with E-state index in [9.17, 15) is 9.59 Å². The van der Waals surface area contributed by atoms with Gasteiger partial charge in [0.2, 0.25) is 0 Å². The molecule has 19 heavy (non-hydrogen) atoms. The first-order valence-electron chi connectivity index (χ1n) is 6.74. The van der Waals surface area contributed by atoms with Gasteiger partial charge in [-0.1, -0.05) is 0 Å². The minimum atomic E-state index is -0.916. The molecule has 0 aromatic carbocycles. The number of amides is 2. The second-order valence-electron chi connectivity index (χ2n) is 5.53. The first kappa shape index (κ1) is 15.8. The van der Waals surface area contributed by atoms with Crippen LogP contribution in [0.5, 0.6) is 0 Å². The standard InChI is InChI=1S/C13H24N2O4/c1-4-19-10-5-7-15(8-6-10)12(18)14-13(2,3)9-11(16)17/h10H,4-9H2,1-3H3,(H,14,18)(H,16,17). The fourth-order valence-electron chi connectivity index (χ4n) is 2.25. The average Bonchev–Trinajstić information content (AvgIpc) is 2.27. The van der Waals surface area contributed by atoms with E-state index in [2.05, 4.69) is 5.32 Å². The molecule has 0 unspecified atom stereocenters. The molecule has 1 rings (SSSR count). The molecule has 0 atom stereocenters. The number of ether oxygens (including phenoxy) is 1. The molecule has 1 saturated heterocycles. The van der Waals surface area contributed by atoms with E-state index in [-0.39, 0.29) is 18.6 Å². The van der Waals surface area contributed by atoms with E-state index in [1.165, 1.54) is 0 Å². The van der Waals surface area contributed by atoms with Crippen molar-refractivity contribution in [3.8, 4) is 0 Å². The molecular formula is C13H24N2O4. The van der Waals surface area contributed by atoms with Crippen molar-refractivity contribution in [3.05, 3.63) is 0 Å². The average molecular weight is 272 g/mol. The van der Waals surface area contributed by atoms with Crippen molar-refractivity contribution in [2.45, 2.75) is 51.7 Å². The molecule has 6 nitrogen and oxygen atoms in total. The van der Waals surface area contributed by atoms with Crippen LogP contribution in [0, 0.1) is 0 Å². The number of aliphatic carboxylic acids is 1. The van der Waals surface area contributed by atoms with Crippen LogP contribution in [-0.2, 0) is 9.53 Å². The molecule has 0 spiro atoms. The zero-order valence-electron chi connectivity index (χ0n) is 11.9. The van der Waals surface area contributed by atoms with Crippen molar-refractivity contribution in [2.24, 2.45) is 0 Å². The van der Waals surface area contributed by atoms with Crippen LogP contribution in [0.4, 0.5) is 4.79 Å². The van der Waals surface area contributed by atoms with Gasteiger partial charge < -0.3 is 20.1 Å². The predicted octanol–water partition coefficient (Wildman–Crippen LogP) is 1.45. The van der Waals surface area contributed by atoms with E-state index < -0.39 is 11.5 Å². The molecule has 1 aliphatic heterocycles. The minimum absolute atomic E-state index is 0.0891. The second kappa shape index (κ2) is 6.75. The maximum absolute atomic E-state index is 12.0. The van der Waals surface area contributed by atoms with Crippen LogP contribution in [0.3, 0.4) is 0 Å². The number of likely N-dealkylation sites (tertiary alicyclic amines) is 1. The highest BCUT2D eigenvalue weighted by molar-refractivity contribution is 5.76. The summed E-state index contributed by atoms with van der Waals surface area (Å²) in [5.74, 6) is -0.916. The summed E-state index contributed by atoms with van der Waals surface area (Å²) < 4.78 is 5.53. The molecule has 0 aromatic rings. The summed E-state index contributed by atoms with van der Waals surface area (Å²) >= 11 is 0. The lowest BCUT2D eigenvalue weighted by molar-refractivity contribution is -0.138. The Kier molecular flexibility index (Phi) is 5.60. The zero-order chi connectivity index (χ0) is 14.5. The Labute approximate surface area is 114 Å². The monoisotopic (exact) mass is 272 g/mol. The number of hydrogen-bond donors (Lipinski definition) is 2. The van der Waals surface area contributed by atoms with E-state index in [0.29, 0.717) is 19.7 Å². The zero-order valence-corrected chi connectivity index (χ0v) is 11.9. The Bertz CT molecular complexity index is 323. The largest absolute Gasteiger partial charge is 0.481 e. The van der Waals surface area contributed by atoms with Crippen LogP contribution in [0.25, 0.3) is 0 Å². The number of carbonyl (C=O) groups is 2. The molecule has 1 aliphatic rings. The highest BCUT2D eigenvalue weighted by atomic mass is 16.5. The first-order chi connectivity index (χ1) is 8.84. The molecule has 0 radical (unpaired) electrons. The molecule has 6 heteroatoms. The smallest absolute Gasteiger partial charge is 0.317 e. The Hall–Kier alpha value is -1.30. The fraction of sp³-hybridized carbons (Fsp3) is 0.846. The Morgan fingerprint density at radius 1 is 1.37 bits per heavy atom. The van der Waals surface area contributed by atoms with Crippen molar-refractivity contribution in [1.82, 2.24) is 10.2 Å². The normalized spacial score (nSPS) is 17.3. The summed E-state index contributed by atoms with van der Waals surface area (Å²) in [4.78, 5) is 24.5. The number of hydrogen-bond acceptors (Lipinski definition) is 3. The van der Waals surface area contributed by atoms with Gasteiger partial charge in [0.15, 0.2) is 0 Å². The summed E-state index contributed by atoms with van der Waals surface area (Å²) in [7, 11) is 0. The van der Waals surface area contributed by atoms with Gasteiger partial charge in [-0.15, -0.1) is 0 Å². The lowest BCUT2D eigenvalue weighted by Crippen LogP contribution is -2.53. The fourth-order valence-corrected chi connectivity index (χ4v) is 2.25. The highest BCUT2D eigenvalue weighted by Crippen LogP contribution is 2.15. The number of rotatable bonds is 5. The summed E-state index contributed by atoms with van der Waals surface area (Å²) in [5.41, 5.74) is -0.736. The molecule has 1 heterocycles. The van der Waals surface area contributed by atoms with Crippen molar-refractivity contribution < 1.29 is 19.4 Å². The number of carboxylic acids is 1. The molecule has 2 N–H and O–H groups in total. The summed E-state index contributed by atoms with van der Waals surface area (Å²) in [6.07, 6.45) is 1.82. The van der Waals surface area contributed by atoms with Gasteiger partial charge in [-0.05, 0) is 33.6 Å². The van der Waals surface area contributed by atoms with Crippen molar-refractivity contribution >= 4 is 12.0 Å².